The Labute approximate surface area is 140 Å². The maximum atomic E-state index is 11.3. The summed E-state index contributed by atoms with van der Waals surface area (Å²) in [5.41, 5.74) is 0.998. The molecule has 5 heteroatoms. The first kappa shape index (κ1) is 19.3. The maximum Gasteiger partial charge on any atom is 0.250 e. The van der Waals surface area contributed by atoms with E-state index in [1.54, 1.807) is 0 Å². The van der Waals surface area contributed by atoms with Crippen molar-refractivity contribution in [1.82, 2.24) is 5.32 Å². The van der Waals surface area contributed by atoms with Gasteiger partial charge < -0.3 is 14.5 Å². The van der Waals surface area contributed by atoms with E-state index in [0.717, 1.165) is 11.3 Å². The molecule has 0 heterocycles. The summed E-state index contributed by atoms with van der Waals surface area (Å²) in [4.78, 5) is 11.3. The molecule has 126 valence electrons. The molecule has 0 aliphatic rings. The minimum atomic E-state index is -1.82. The summed E-state index contributed by atoms with van der Waals surface area (Å²) in [6.07, 6.45) is 5.07. The summed E-state index contributed by atoms with van der Waals surface area (Å²) < 4.78 is 11.6. The van der Waals surface area contributed by atoms with Crippen LogP contribution >= 0.6 is 0 Å². The van der Waals surface area contributed by atoms with E-state index >= 15 is 0 Å². The van der Waals surface area contributed by atoms with Gasteiger partial charge in [-0.25, -0.2) is 0 Å². The number of hydrogen-bond acceptors (Lipinski definition) is 3. The van der Waals surface area contributed by atoms with Gasteiger partial charge in [0.25, 0.3) is 0 Å². The van der Waals surface area contributed by atoms with E-state index in [2.05, 4.69) is 45.1 Å². The van der Waals surface area contributed by atoms with E-state index in [-0.39, 0.29) is 24.1 Å². The van der Waals surface area contributed by atoms with Gasteiger partial charge in [0.15, 0.2) is 0 Å². The van der Waals surface area contributed by atoms with Gasteiger partial charge in [-0.1, -0.05) is 38.8 Å². The lowest BCUT2D eigenvalue weighted by Gasteiger charge is -2.36. The van der Waals surface area contributed by atoms with Gasteiger partial charge in [-0.05, 0) is 35.8 Å². The van der Waals surface area contributed by atoms with Crippen molar-refractivity contribution in [2.75, 3.05) is 13.2 Å². The fourth-order valence-corrected chi connectivity index (χ4v) is 2.60. The van der Waals surface area contributed by atoms with E-state index in [4.69, 9.17) is 15.6 Å². The fourth-order valence-electron chi connectivity index (χ4n) is 1.56. The summed E-state index contributed by atoms with van der Waals surface area (Å²) in [6.45, 7) is 11.7. The van der Waals surface area contributed by atoms with Crippen molar-refractivity contribution in [3.05, 3.63) is 29.8 Å². The lowest BCUT2D eigenvalue weighted by molar-refractivity contribution is -0.125. The molecule has 1 N–H and O–H groups in total. The van der Waals surface area contributed by atoms with Crippen LogP contribution in [0, 0.1) is 12.3 Å². The van der Waals surface area contributed by atoms with Gasteiger partial charge in [-0.2, -0.15) is 0 Å². The molecular formula is C18H27NO3Si. The Hall–Kier alpha value is -1.77. The van der Waals surface area contributed by atoms with Crippen LogP contribution in [0.25, 0.3) is 0 Å². The smallest absolute Gasteiger partial charge is 0.250 e. The average molecular weight is 334 g/mol. The van der Waals surface area contributed by atoms with Gasteiger partial charge >= 0.3 is 0 Å². The summed E-state index contributed by atoms with van der Waals surface area (Å²) in [5, 5.41) is 2.72. The molecule has 1 aromatic carbocycles. The average Bonchev–Trinajstić information content (AvgIpc) is 2.45. The van der Waals surface area contributed by atoms with Crippen LogP contribution < -0.4 is 9.74 Å². The van der Waals surface area contributed by atoms with Crippen molar-refractivity contribution in [3.8, 4) is 18.1 Å². The SMILES string of the molecule is C#CCNC(=O)COCc1ccc(O[Si](C)(C)C(C)(C)C)cc1. The van der Waals surface area contributed by atoms with Gasteiger partial charge in [-0.3, -0.25) is 4.79 Å². The normalized spacial score (nSPS) is 11.7. The lowest BCUT2D eigenvalue weighted by Crippen LogP contribution is -2.43. The molecule has 0 saturated carbocycles. The zero-order valence-electron chi connectivity index (χ0n) is 14.7. The number of hydrogen-bond donors (Lipinski definition) is 1. The Balaban J connectivity index is 2.48. The second kappa shape index (κ2) is 8.18. The molecule has 0 aliphatic carbocycles. The number of amides is 1. The van der Waals surface area contributed by atoms with Gasteiger partial charge in [0.05, 0.1) is 13.2 Å². The number of nitrogens with one attached hydrogen (secondary N) is 1. The van der Waals surface area contributed by atoms with Gasteiger partial charge in [0, 0.05) is 0 Å². The highest BCUT2D eigenvalue weighted by Gasteiger charge is 2.38. The van der Waals surface area contributed by atoms with E-state index in [1.165, 1.54) is 0 Å². The molecule has 0 fully saturated rings. The van der Waals surface area contributed by atoms with Crippen LogP contribution in [0.3, 0.4) is 0 Å². The van der Waals surface area contributed by atoms with Crippen molar-refractivity contribution >= 4 is 14.2 Å². The number of ether oxygens (including phenoxy) is 1. The summed E-state index contributed by atoms with van der Waals surface area (Å²) in [5.74, 6) is 3.02. The second-order valence-electron chi connectivity index (χ2n) is 6.98. The Kier molecular flexibility index (Phi) is 6.86. The number of terminal acetylenes is 1. The minimum Gasteiger partial charge on any atom is -0.544 e. The highest BCUT2D eigenvalue weighted by molar-refractivity contribution is 6.74. The monoisotopic (exact) mass is 333 g/mol. The Bertz CT molecular complexity index is 553. The van der Waals surface area contributed by atoms with Crippen molar-refractivity contribution in [2.24, 2.45) is 0 Å². The number of rotatable bonds is 7. The van der Waals surface area contributed by atoms with Crippen LogP contribution in [-0.4, -0.2) is 27.4 Å². The van der Waals surface area contributed by atoms with Crippen molar-refractivity contribution in [3.63, 3.8) is 0 Å². The van der Waals surface area contributed by atoms with Crippen LogP contribution in [0.5, 0.6) is 5.75 Å². The van der Waals surface area contributed by atoms with E-state index in [0.29, 0.717) is 6.61 Å². The molecule has 4 nitrogen and oxygen atoms in total. The molecule has 23 heavy (non-hydrogen) atoms. The largest absolute Gasteiger partial charge is 0.544 e. The Morgan fingerprint density at radius 3 is 2.39 bits per heavy atom. The molecule has 0 atom stereocenters. The first-order chi connectivity index (χ1) is 10.7. The molecule has 0 aliphatic heterocycles. The number of carbonyl (C=O) groups excluding carboxylic acids is 1. The second-order valence-corrected chi connectivity index (χ2v) is 11.7. The summed E-state index contributed by atoms with van der Waals surface area (Å²) >= 11 is 0. The number of benzene rings is 1. The van der Waals surface area contributed by atoms with Crippen molar-refractivity contribution in [2.45, 2.75) is 45.5 Å². The van der Waals surface area contributed by atoms with Crippen LogP contribution in [-0.2, 0) is 16.1 Å². The van der Waals surface area contributed by atoms with Gasteiger partial charge in [-0.15, -0.1) is 6.42 Å². The van der Waals surface area contributed by atoms with Gasteiger partial charge in [0.1, 0.15) is 12.4 Å². The fraction of sp³-hybridized carbons (Fsp3) is 0.500. The molecule has 1 aromatic rings. The van der Waals surface area contributed by atoms with Crippen LogP contribution in [0.4, 0.5) is 0 Å². The van der Waals surface area contributed by atoms with E-state index < -0.39 is 8.32 Å². The predicted molar refractivity (Wildman–Crippen MR) is 95.8 cm³/mol. The zero-order chi connectivity index (χ0) is 17.5. The van der Waals surface area contributed by atoms with Crippen LogP contribution in [0.15, 0.2) is 24.3 Å². The van der Waals surface area contributed by atoms with Crippen molar-refractivity contribution in [1.29, 1.82) is 0 Å². The highest BCUT2D eigenvalue weighted by Crippen LogP contribution is 2.37. The number of carbonyl (C=O) groups is 1. The van der Waals surface area contributed by atoms with E-state index in [9.17, 15) is 4.79 Å². The van der Waals surface area contributed by atoms with Crippen LogP contribution in [0.2, 0.25) is 18.1 Å². The minimum absolute atomic E-state index is 0.00387. The Morgan fingerprint density at radius 2 is 1.87 bits per heavy atom. The molecule has 0 radical (unpaired) electrons. The summed E-state index contributed by atoms with van der Waals surface area (Å²) in [6, 6.07) is 7.83. The standard InChI is InChI=1S/C18H27NO3Si/c1-7-12-19-17(20)14-21-13-15-8-10-16(11-9-15)22-23(5,6)18(2,3)4/h1,8-11H,12-14H2,2-6H3,(H,19,20). The van der Waals surface area contributed by atoms with Crippen molar-refractivity contribution < 1.29 is 14.0 Å². The van der Waals surface area contributed by atoms with Gasteiger partial charge in [0.2, 0.25) is 14.2 Å². The quantitative estimate of drug-likeness (QED) is 0.615. The molecule has 1 amide bonds. The molecule has 0 bridgehead atoms. The first-order valence-corrected chi connectivity index (χ1v) is 10.6. The molecule has 0 spiro atoms. The molecule has 0 aromatic heterocycles. The third-order valence-electron chi connectivity index (χ3n) is 3.99. The molecular weight excluding hydrogens is 306 g/mol. The molecule has 0 saturated heterocycles. The van der Waals surface area contributed by atoms with Crippen LogP contribution in [0.1, 0.15) is 26.3 Å². The summed E-state index contributed by atoms with van der Waals surface area (Å²) in [7, 11) is -1.82. The van der Waals surface area contributed by atoms with E-state index in [1.807, 2.05) is 24.3 Å². The highest BCUT2D eigenvalue weighted by atomic mass is 28.4. The predicted octanol–water partition coefficient (Wildman–Crippen LogP) is 3.34. The topological polar surface area (TPSA) is 47.6 Å². The zero-order valence-corrected chi connectivity index (χ0v) is 15.7. The molecule has 0 unspecified atom stereocenters. The first-order valence-electron chi connectivity index (χ1n) is 7.71. The Morgan fingerprint density at radius 1 is 1.26 bits per heavy atom. The third kappa shape index (κ3) is 6.47. The molecule has 1 rings (SSSR count). The third-order valence-corrected chi connectivity index (χ3v) is 8.35. The maximum absolute atomic E-state index is 11.3. The lowest BCUT2D eigenvalue weighted by atomic mass is 10.2.